The summed E-state index contributed by atoms with van der Waals surface area (Å²) >= 11 is 0. The second-order valence-corrected chi connectivity index (χ2v) is 9.27. The van der Waals surface area contributed by atoms with Crippen molar-refractivity contribution >= 4 is 27.3 Å². The molecule has 0 spiro atoms. The van der Waals surface area contributed by atoms with Crippen LogP contribution in [0.25, 0.3) is 5.69 Å². The van der Waals surface area contributed by atoms with E-state index < -0.39 is 49.5 Å². The number of aromatic nitrogens is 1. The van der Waals surface area contributed by atoms with Crippen LogP contribution in [0.2, 0.25) is 0 Å². The first-order valence-electron chi connectivity index (χ1n) is 9.54. The second kappa shape index (κ2) is 8.94. The fourth-order valence-electron chi connectivity index (χ4n) is 3.44. The zero-order valence-corrected chi connectivity index (χ0v) is 18.7. The van der Waals surface area contributed by atoms with Crippen LogP contribution in [0.4, 0.5) is 10.1 Å². The number of hydrogen-bond acceptors (Lipinski definition) is 7. The topological polar surface area (TPSA) is 126 Å². The average molecular weight is 474 g/mol. The number of hydrogen-bond donors (Lipinski definition) is 0. The molecule has 9 nitrogen and oxygen atoms in total. The lowest BCUT2D eigenvalue weighted by Gasteiger charge is -2.11. The number of carbonyl (C=O) groups is 2. The van der Waals surface area contributed by atoms with Crippen molar-refractivity contribution in [3.63, 3.8) is 0 Å². The van der Waals surface area contributed by atoms with Gasteiger partial charge in [-0.15, -0.1) is 0 Å². The van der Waals surface area contributed by atoms with Gasteiger partial charge in [-0.05, 0) is 44.2 Å². The van der Waals surface area contributed by atoms with Crippen molar-refractivity contribution in [2.75, 3.05) is 12.9 Å². The van der Waals surface area contributed by atoms with Crippen LogP contribution in [0.15, 0.2) is 53.4 Å². The van der Waals surface area contributed by atoms with E-state index in [1.165, 1.54) is 6.07 Å². The van der Waals surface area contributed by atoms with Crippen LogP contribution in [0, 0.1) is 29.8 Å². The lowest BCUT2D eigenvalue weighted by Crippen LogP contribution is -2.15. The molecule has 1 heterocycles. The molecule has 1 aromatic heterocycles. The Hall–Kier alpha value is -3.86. The van der Waals surface area contributed by atoms with Crippen molar-refractivity contribution in [2.45, 2.75) is 18.7 Å². The van der Waals surface area contributed by atoms with Crippen LogP contribution >= 0.6 is 0 Å². The molecule has 0 aliphatic heterocycles. The third kappa shape index (κ3) is 4.82. The first-order valence-corrected chi connectivity index (χ1v) is 11.4. The highest BCUT2D eigenvalue weighted by molar-refractivity contribution is 7.90. The van der Waals surface area contributed by atoms with Crippen LogP contribution in [-0.2, 0) is 14.6 Å². The maximum absolute atomic E-state index is 14.2. The summed E-state index contributed by atoms with van der Waals surface area (Å²) in [7, 11) is -3.89. The summed E-state index contributed by atoms with van der Waals surface area (Å²) in [6.45, 7) is 2.66. The molecule has 0 radical (unpaired) electrons. The van der Waals surface area contributed by atoms with E-state index in [1.807, 2.05) is 0 Å². The Morgan fingerprint density at radius 1 is 1.12 bits per heavy atom. The van der Waals surface area contributed by atoms with Gasteiger partial charge in [0.05, 0.1) is 16.2 Å². The van der Waals surface area contributed by atoms with Gasteiger partial charge in [0.2, 0.25) is 5.78 Å². The number of para-hydroxylation sites is 1. The Bertz CT molecular complexity index is 1390. The van der Waals surface area contributed by atoms with E-state index in [4.69, 9.17) is 4.74 Å². The van der Waals surface area contributed by atoms with E-state index in [0.29, 0.717) is 11.4 Å². The third-order valence-electron chi connectivity index (χ3n) is 4.95. The summed E-state index contributed by atoms with van der Waals surface area (Å²) in [5.41, 5.74) is 0.486. The summed E-state index contributed by atoms with van der Waals surface area (Å²) < 4.78 is 44.2. The molecule has 3 aromatic rings. The number of carbonyl (C=O) groups excluding carboxylic acids is 2. The SMILES string of the molecule is Cc1cc(C(=O)COC(=O)c2ccc(S(C)(=O)=O)c([N+](=O)[O-])c2)c(C)n1-c1ccccc1F. The number of aryl methyl sites for hydroxylation is 1. The molecule has 3 rings (SSSR count). The Morgan fingerprint density at radius 3 is 2.39 bits per heavy atom. The molecular weight excluding hydrogens is 455 g/mol. The number of Topliss-reactive ketones (excluding diaryl/α,β-unsaturated/α-hetero) is 1. The Balaban J connectivity index is 1.82. The Kier molecular flexibility index (Phi) is 6.45. The van der Waals surface area contributed by atoms with Gasteiger partial charge >= 0.3 is 5.97 Å². The minimum Gasteiger partial charge on any atom is -0.454 e. The summed E-state index contributed by atoms with van der Waals surface area (Å²) in [5.74, 6) is -2.06. The lowest BCUT2D eigenvalue weighted by molar-refractivity contribution is -0.387. The summed E-state index contributed by atoms with van der Waals surface area (Å²) in [5, 5.41) is 11.2. The zero-order valence-electron chi connectivity index (χ0n) is 17.9. The smallest absolute Gasteiger partial charge is 0.338 e. The summed E-state index contributed by atoms with van der Waals surface area (Å²) in [6, 6.07) is 10.4. The van der Waals surface area contributed by atoms with Gasteiger partial charge in [-0.3, -0.25) is 14.9 Å². The summed E-state index contributed by atoms with van der Waals surface area (Å²) in [6.07, 6.45) is 0.809. The number of benzene rings is 2. The standard InChI is InChI=1S/C22H19FN2O7S/c1-13-10-16(14(2)24(13)18-7-5-4-6-17(18)23)20(26)12-32-22(27)15-8-9-21(33(3,30)31)19(11-15)25(28)29/h4-11H,12H2,1-3H3. The molecule has 0 saturated carbocycles. The molecule has 11 heteroatoms. The van der Waals surface area contributed by atoms with E-state index >= 15 is 0 Å². The minimum atomic E-state index is -3.89. The van der Waals surface area contributed by atoms with Crippen molar-refractivity contribution in [1.29, 1.82) is 0 Å². The van der Waals surface area contributed by atoms with Crippen molar-refractivity contribution in [2.24, 2.45) is 0 Å². The van der Waals surface area contributed by atoms with Crippen molar-refractivity contribution in [3.05, 3.63) is 87.0 Å². The molecule has 0 N–H and O–H groups in total. The number of nitro benzene ring substituents is 1. The van der Waals surface area contributed by atoms with Gasteiger partial charge in [-0.1, -0.05) is 12.1 Å². The number of nitro groups is 1. The van der Waals surface area contributed by atoms with Crippen LogP contribution in [0.3, 0.4) is 0 Å². The molecule has 172 valence electrons. The first-order chi connectivity index (χ1) is 15.4. The quantitative estimate of drug-likeness (QED) is 0.222. The van der Waals surface area contributed by atoms with E-state index in [-0.39, 0.29) is 16.8 Å². The largest absolute Gasteiger partial charge is 0.454 e. The molecule has 0 unspecified atom stereocenters. The second-order valence-electron chi connectivity index (χ2n) is 7.28. The van der Waals surface area contributed by atoms with Crippen molar-refractivity contribution < 1.29 is 32.1 Å². The fraction of sp³-hybridized carbons (Fsp3) is 0.182. The maximum Gasteiger partial charge on any atom is 0.338 e. The molecule has 0 amide bonds. The van der Waals surface area contributed by atoms with Gasteiger partial charge < -0.3 is 9.30 Å². The van der Waals surface area contributed by atoms with E-state index in [9.17, 15) is 32.5 Å². The normalized spacial score (nSPS) is 11.3. The van der Waals surface area contributed by atoms with Gasteiger partial charge in [0.25, 0.3) is 5.69 Å². The van der Waals surface area contributed by atoms with E-state index in [2.05, 4.69) is 0 Å². The van der Waals surface area contributed by atoms with Crippen LogP contribution in [0.5, 0.6) is 0 Å². The zero-order chi connectivity index (χ0) is 24.5. The van der Waals surface area contributed by atoms with Gasteiger partial charge in [0.1, 0.15) is 10.7 Å². The number of esters is 1. The molecule has 0 aliphatic carbocycles. The molecule has 33 heavy (non-hydrogen) atoms. The molecule has 0 fully saturated rings. The first kappa shape index (κ1) is 23.8. The van der Waals surface area contributed by atoms with E-state index in [0.717, 1.165) is 24.5 Å². The fourth-order valence-corrected chi connectivity index (χ4v) is 4.27. The molecule has 0 aliphatic rings. The number of nitrogens with zero attached hydrogens (tertiary/aromatic N) is 2. The van der Waals surface area contributed by atoms with E-state index in [1.54, 1.807) is 42.7 Å². The number of ether oxygens (including phenoxy) is 1. The number of halogens is 1. The molecule has 0 saturated heterocycles. The highest BCUT2D eigenvalue weighted by atomic mass is 32.2. The highest BCUT2D eigenvalue weighted by Gasteiger charge is 2.25. The van der Waals surface area contributed by atoms with Crippen LogP contribution in [-0.4, -0.2) is 42.5 Å². The summed E-state index contributed by atoms with van der Waals surface area (Å²) in [4.78, 5) is 34.8. The van der Waals surface area contributed by atoms with Gasteiger partial charge in [-0.25, -0.2) is 17.6 Å². The number of sulfone groups is 1. The molecule has 2 aromatic carbocycles. The monoisotopic (exact) mass is 474 g/mol. The highest BCUT2D eigenvalue weighted by Crippen LogP contribution is 2.26. The average Bonchev–Trinajstić information content (AvgIpc) is 3.05. The molecule has 0 atom stereocenters. The predicted molar refractivity (Wildman–Crippen MR) is 116 cm³/mol. The number of rotatable bonds is 7. The molecule has 0 bridgehead atoms. The number of ketones is 1. The predicted octanol–water partition coefficient (Wildman–Crippen LogP) is 3.58. The minimum absolute atomic E-state index is 0.224. The van der Waals surface area contributed by atoms with Gasteiger partial charge in [0.15, 0.2) is 16.4 Å². The van der Waals surface area contributed by atoms with Crippen LogP contribution in [0.1, 0.15) is 32.1 Å². The maximum atomic E-state index is 14.2. The molecular formula is C22H19FN2O7S. The third-order valence-corrected chi connectivity index (χ3v) is 6.09. The van der Waals surface area contributed by atoms with Crippen molar-refractivity contribution in [1.82, 2.24) is 4.57 Å². The Labute approximate surface area is 188 Å². The van der Waals surface area contributed by atoms with Crippen molar-refractivity contribution in [3.8, 4) is 5.69 Å². The lowest BCUT2D eigenvalue weighted by atomic mass is 10.1. The van der Waals surface area contributed by atoms with Gasteiger partial charge in [0, 0.05) is 29.3 Å². The Morgan fingerprint density at radius 2 is 1.79 bits per heavy atom. The van der Waals surface area contributed by atoms with Gasteiger partial charge in [-0.2, -0.15) is 0 Å². The van der Waals surface area contributed by atoms with Crippen LogP contribution < -0.4 is 0 Å².